The second-order valence-electron chi connectivity index (χ2n) is 4.49. The number of hydrogen-bond acceptors (Lipinski definition) is 4. The van der Waals surface area contributed by atoms with Gasteiger partial charge in [0, 0.05) is 24.2 Å². The van der Waals surface area contributed by atoms with E-state index in [9.17, 15) is 9.59 Å². The molecule has 104 valence electrons. The second-order valence-corrected chi connectivity index (χ2v) is 4.49. The van der Waals surface area contributed by atoms with Crippen LogP contribution >= 0.6 is 0 Å². The summed E-state index contributed by atoms with van der Waals surface area (Å²) in [6, 6.07) is 6.71. The summed E-state index contributed by atoms with van der Waals surface area (Å²) in [4.78, 5) is 23.2. The van der Waals surface area contributed by atoms with Gasteiger partial charge in [-0.15, -0.1) is 0 Å². The Kier molecular flexibility index (Phi) is 3.84. The van der Waals surface area contributed by atoms with Crippen molar-refractivity contribution in [1.82, 2.24) is 5.16 Å². The molecule has 0 fully saturated rings. The van der Waals surface area contributed by atoms with E-state index in [4.69, 9.17) is 4.52 Å². The van der Waals surface area contributed by atoms with Gasteiger partial charge in [-0.1, -0.05) is 11.2 Å². The van der Waals surface area contributed by atoms with Crippen LogP contribution in [0.15, 0.2) is 28.8 Å². The van der Waals surface area contributed by atoms with E-state index >= 15 is 0 Å². The third-order valence-electron chi connectivity index (χ3n) is 2.68. The Hall–Kier alpha value is -2.63. The van der Waals surface area contributed by atoms with Crippen molar-refractivity contribution in [3.05, 3.63) is 41.2 Å². The number of amides is 2. The SMILES string of the molecule is CC(=O)Nc1cc(C(=O)Nc2cc(C)on2)ccc1C. The van der Waals surface area contributed by atoms with Crippen LogP contribution in [0.4, 0.5) is 11.5 Å². The minimum Gasteiger partial charge on any atom is -0.360 e. The van der Waals surface area contributed by atoms with Crippen LogP contribution in [0.1, 0.15) is 28.6 Å². The number of aromatic nitrogens is 1. The van der Waals surface area contributed by atoms with E-state index in [-0.39, 0.29) is 11.8 Å². The Morgan fingerprint density at radius 3 is 2.50 bits per heavy atom. The minimum atomic E-state index is -0.315. The number of carbonyl (C=O) groups excluding carboxylic acids is 2. The standard InChI is InChI=1S/C14H15N3O3/c1-8-4-5-11(7-12(8)15-10(3)18)14(19)16-13-6-9(2)20-17-13/h4-7H,1-3H3,(H,15,18)(H,16,17,19). The number of anilines is 2. The number of aryl methyl sites for hydroxylation is 2. The molecule has 0 spiro atoms. The molecule has 6 heteroatoms. The Balaban J connectivity index is 2.19. The molecule has 2 N–H and O–H groups in total. The molecule has 6 nitrogen and oxygen atoms in total. The average molecular weight is 273 g/mol. The van der Waals surface area contributed by atoms with Crippen LogP contribution in [-0.2, 0) is 4.79 Å². The highest BCUT2D eigenvalue weighted by atomic mass is 16.5. The molecular weight excluding hydrogens is 258 g/mol. The van der Waals surface area contributed by atoms with Crippen LogP contribution in [0.3, 0.4) is 0 Å². The second kappa shape index (κ2) is 5.56. The Labute approximate surface area is 116 Å². The monoisotopic (exact) mass is 273 g/mol. The zero-order valence-corrected chi connectivity index (χ0v) is 11.5. The molecule has 1 aromatic carbocycles. The number of nitrogens with one attached hydrogen (secondary N) is 2. The zero-order chi connectivity index (χ0) is 14.7. The molecule has 0 aliphatic rings. The average Bonchev–Trinajstić information content (AvgIpc) is 2.77. The van der Waals surface area contributed by atoms with Crippen molar-refractivity contribution in [3.8, 4) is 0 Å². The van der Waals surface area contributed by atoms with Gasteiger partial charge in [0.05, 0.1) is 0 Å². The van der Waals surface area contributed by atoms with Gasteiger partial charge in [0.1, 0.15) is 5.76 Å². The van der Waals surface area contributed by atoms with Gasteiger partial charge < -0.3 is 15.2 Å². The maximum Gasteiger partial charge on any atom is 0.256 e. The number of hydrogen-bond donors (Lipinski definition) is 2. The van der Waals surface area contributed by atoms with Gasteiger partial charge in [0.25, 0.3) is 5.91 Å². The molecule has 0 radical (unpaired) electrons. The van der Waals surface area contributed by atoms with Gasteiger partial charge in [-0.05, 0) is 31.5 Å². The van der Waals surface area contributed by atoms with Crippen molar-refractivity contribution >= 4 is 23.3 Å². The third-order valence-corrected chi connectivity index (χ3v) is 2.68. The summed E-state index contributed by atoms with van der Waals surface area (Å²) in [5.41, 5.74) is 1.93. The number of carbonyl (C=O) groups is 2. The van der Waals surface area contributed by atoms with Crippen LogP contribution in [0.25, 0.3) is 0 Å². The van der Waals surface area contributed by atoms with Crippen LogP contribution < -0.4 is 10.6 Å². The first kappa shape index (κ1) is 13.8. The van der Waals surface area contributed by atoms with E-state index in [1.165, 1.54) is 6.92 Å². The summed E-state index contributed by atoms with van der Waals surface area (Å²) in [7, 11) is 0. The van der Waals surface area contributed by atoms with Crippen LogP contribution in [-0.4, -0.2) is 17.0 Å². The molecule has 0 atom stereocenters. The molecule has 2 rings (SSSR count). The summed E-state index contributed by atoms with van der Waals surface area (Å²) in [5, 5.41) is 9.00. The summed E-state index contributed by atoms with van der Waals surface area (Å²) >= 11 is 0. The van der Waals surface area contributed by atoms with E-state index in [2.05, 4.69) is 15.8 Å². The lowest BCUT2D eigenvalue weighted by molar-refractivity contribution is -0.114. The highest BCUT2D eigenvalue weighted by Gasteiger charge is 2.11. The predicted molar refractivity (Wildman–Crippen MR) is 74.7 cm³/mol. The number of benzene rings is 1. The third kappa shape index (κ3) is 3.23. The Morgan fingerprint density at radius 2 is 1.90 bits per heavy atom. The van der Waals surface area contributed by atoms with E-state index in [1.54, 1.807) is 31.2 Å². The van der Waals surface area contributed by atoms with Gasteiger partial charge in [-0.2, -0.15) is 0 Å². The number of nitrogens with zero attached hydrogens (tertiary/aromatic N) is 1. The fourth-order valence-electron chi connectivity index (χ4n) is 1.70. The smallest absolute Gasteiger partial charge is 0.256 e. The molecule has 0 unspecified atom stereocenters. The van der Waals surface area contributed by atoms with Gasteiger partial charge in [-0.3, -0.25) is 9.59 Å². The minimum absolute atomic E-state index is 0.183. The van der Waals surface area contributed by atoms with E-state index in [0.29, 0.717) is 22.8 Å². The molecule has 2 amide bonds. The number of rotatable bonds is 3. The van der Waals surface area contributed by atoms with Crippen molar-refractivity contribution in [2.45, 2.75) is 20.8 Å². The van der Waals surface area contributed by atoms with Gasteiger partial charge in [-0.25, -0.2) is 0 Å². The van der Waals surface area contributed by atoms with Crippen LogP contribution in [0.2, 0.25) is 0 Å². The van der Waals surface area contributed by atoms with Crippen molar-refractivity contribution in [2.24, 2.45) is 0 Å². The summed E-state index contributed by atoms with van der Waals surface area (Å²) in [5.74, 6) is 0.472. The first-order valence-electron chi connectivity index (χ1n) is 6.08. The molecule has 1 heterocycles. The predicted octanol–water partition coefficient (Wildman–Crippen LogP) is 2.50. The van der Waals surface area contributed by atoms with Crippen molar-refractivity contribution in [3.63, 3.8) is 0 Å². The molecule has 0 bridgehead atoms. The summed E-state index contributed by atoms with van der Waals surface area (Å²) in [6.07, 6.45) is 0. The van der Waals surface area contributed by atoms with Crippen molar-refractivity contribution in [2.75, 3.05) is 10.6 Å². The first-order chi connectivity index (χ1) is 9.45. The highest BCUT2D eigenvalue weighted by Crippen LogP contribution is 2.18. The highest BCUT2D eigenvalue weighted by molar-refractivity contribution is 6.05. The normalized spacial score (nSPS) is 10.2. The van der Waals surface area contributed by atoms with Crippen molar-refractivity contribution < 1.29 is 14.1 Å². The quantitative estimate of drug-likeness (QED) is 0.899. The largest absolute Gasteiger partial charge is 0.360 e. The summed E-state index contributed by atoms with van der Waals surface area (Å²) in [6.45, 7) is 5.02. The fraction of sp³-hybridized carbons (Fsp3) is 0.214. The van der Waals surface area contributed by atoms with Gasteiger partial charge >= 0.3 is 0 Å². The van der Waals surface area contributed by atoms with E-state index < -0.39 is 0 Å². The molecule has 0 saturated carbocycles. The first-order valence-corrected chi connectivity index (χ1v) is 6.08. The molecular formula is C14H15N3O3. The molecule has 1 aromatic heterocycles. The molecule has 0 aliphatic heterocycles. The van der Waals surface area contributed by atoms with E-state index in [1.807, 2.05) is 6.92 Å². The topological polar surface area (TPSA) is 84.2 Å². The maximum absolute atomic E-state index is 12.1. The lowest BCUT2D eigenvalue weighted by Crippen LogP contribution is -2.14. The van der Waals surface area contributed by atoms with Crippen LogP contribution in [0, 0.1) is 13.8 Å². The molecule has 0 aliphatic carbocycles. The van der Waals surface area contributed by atoms with Crippen LogP contribution in [0.5, 0.6) is 0 Å². The lowest BCUT2D eigenvalue weighted by Gasteiger charge is -2.08. The Morgan fingerprint density at radius 1 is 1.15 bits per heavy atom. The van der Waals surface area contributed by atoms with E-state index in [0.717, 1.165) is 5.56 Å². The van der Waals surface area contributed by atoms with Gasteiger partial charge in [0.15, 0.2) is 5.82 Å². The molecule has 0 saturated heterocycles. The Bertz CT molecular complexity index is 661. The molecule has 2 aromatic rings. The maximum atomic E-state index is 12.1. The zero-order valence-electron chi connectivity index (χ0n) is 11.5. The molecule has 20 heavy (non-hydrogen) atoms. The van der Waals surface area contributed by atoms with Gasteiger partial charge in [0.2, 0.25) is 5.91 Å². The summed E-state index contributed by atoms with van der Waals surface area (Å²) < 4.78 is 4.87. The van der Waals surface area contributed by atoms with Crippen molar-refractivity contribution in [1.29, 1.82) is 0 Å². The lowest BCUT2D eigenvalue weighted by atomic mass is 10.1. The fourth-order valence-corrected chi connectivity index (χ4v) is 1.70.